The van der Waals surface area contributed by atoms with Gasteiger partial charge in [0.1, 0.15) is 0 Å². The van der Waals surface area contributed by atoms with E-state index in [9.17, 15) is 13.2 Å². The highest BCUT2D eigenvalue weighted by atomic mass is 32.2. The predicted octanol–water partition coefficient (Wildman–Crippen LogP) is 2.97. The molecule has 1 fully saturated rings. The van der Waals surface area contributed by atoms with Crippen molar-refractivity contribution in [1.29, 1.82) is 0 Å². The standard InChI is InChI=1S/C18H21NO4S2/c1-2-14-5-7-16(8-6-14)25(21,22)19-9-10-23-13-15(19)12-17(20)18-4-3-11-24-18/h3-8,11,15H,2,9-10,12-13H2,1H3. The van der Waals surface area contributed by atoms with E-state index in [1.54, 1.807) is 18.2 Å². The number of hydrogen-bond donors (Lipinski definition) is 0. The van der Waals surface area contributed by atoms with Crippen LogP contribution in [0.25, 0.3) is 0 Å². The molecule has 1 aromatic heterocycles. The molecule has 0 aliphatic carbocycles. The number of ketones is 1. The van der Waals surface area contributed by atoms with Gasteiger partial charge >= 0.3 is 0 Å². The molecule has 5 nitrogen and oxygen atoms in total. The number of Topliss-reactive ketones (excluding diaryl/α,β-unsaturated/α-hetero) is 1. The maximum Gasteiger partial charge on any atom is 0.243 e. The van der Waals surface area contributed by atoms with Crippen molar-refractivity contribution < 1.29 is 17.9 Å². The number of morpholine rings is 1. The number of carbonyl (C=O) groups excluding carboxylic acids is 1. The number of benzene rings is 1. The highest BCUT2D eigenvalue weighted by Gasteiger charge is 2.35. The van der Waals surface area contributed by atoms with Crippen LogP contribution in [-0.4, -0.2) is 44.3 Å². The predicted molar refractivity (Wildman–Crippen MR) is 97.6 cm³/mol. The number of hydrogen-bond acceptors (Lipinski definition) is 5. The first-order valence-corrected chi connectivity index (χ1v) is 10.6. The van der Waals surface area contributed by atoms with Gasteiger partial charge in [0.2, 0.25) is 10.0 Å². The monoisotopic (exact) mass is 379 g/mol. The molecular formula is C18H21NO4S2. The molecule has 0 spiro atoms. The number of carbonyl (C=O) groups is 1. The lowest BCUT2D eigenvalue weighted by atomic mass is 10.1. The summed E-state index contributed by atoms with van der Waals surface area (Å²) in [5.74, 6) is -0.0490. The van der Waals surface area contributed by atoms with Crippen molar-refractivity contribution in [1.82, 2.24) is 4.31 Å². The Morgan fingerprint density at radius 2 is 2.04 bits per heavy atom. The number of nitrogens with zero attached hydrogens (tertiary/aromatic N) is 1. The molecular weight excluding hydrogens is 358 g/mol. The molecule has 25 heavy (non-hydrogen) atoms. The Hall–Kier alpha value is -1.54. The zero-order valence-electron chi connectivity index (χ0n) is 14.1. The second kappa shape index (κ2) is 7.78. The van der Waals surface area contributed by atoms with Crippen molar-refractivity contribution >= 4 is 27.1 Å². The van der Waals surface area contributed by atoms with Crippen molar-refractivity contribution in [3.63, 3.8) is 0 Å². The largest absolute Gasteiger partial charge is 0.378 e. The van der Waals surface area contributed by atoms with Crippen LogP contribution >= 0.6 is 11.3 Å². The molecule has 2 heterocycles. The van der Waals surface area contributed by atoms with Crippen molar-refractivity contribution in [3.05, 3.63) is 52.2 Å². The number of aryl methyl sites for hydroxylation is 1. The highest BCUT2D eigenvalue weighted by Crippen LogP contribution is 2.24. The number of rotatable bonds is 6. The first-order chi connectivity index (χ1) is 12.0. The van der Waals surface area contributed by atoms with E-state index in [1.807, 2.05) is 30.5 Å². The molecule has 0 amide bonds. The van der Waals surface area contributed by atoms with E-state index in [4.69, 9.17) is 4.74 Å². The average molecular weight is 380 g/mol. The van der Waals surface area contributed by atoms with Gasteiger partial charge in [-0.1, -0.05) is 25.1 Å². The van der Waals surface area contributed by atoms with Crippen molar-refractivity contribution in [2.45, 2.75) is 30.7 Å². The zero-order chi connectivity index (χ0) is 17.9. The maximum absolute atomic E-state index is 13.0. The molecule has 0 radical (unpaired) electrons. The van der Waals surface area contributed by atoms with E-state index in [2.05, 4.69) is 0 Å². The van der Waals surface area contributed by atoms with Gasteiger partial charge in [0.25, 0.3) is 0 Å². The van der Waals surface area contributed by atoms with Crippen LogP contribution in [0, 0.1) is 0 Å². The van der Waals surface area contributed by atoms with Crippen LogP contribution in [-0.2, 0) is 21.2 Å². The van der Waals surface area contributed by atoms with Gasteiger partial charge in [-0.15, -0.1) is 11.3 Å². The Bertz CT molecular complexity index is 813. The van der Waals surface area contributed by atoms with Crippen LogP contribution in [0.1, 0.15) is 28.6 Å². The first kappa shape index (κ1) is 18.3. The highest BCUT2D eigenvalue weighted by molar-refractivity contribution is 7.89. The van der Waals surface area contributed by atoms with E-state index in [-0.39, 0.29) is 30.3 Å². The van der Waals surface area contributed by atoms with Crippen LogP contribution < -0.4 is 0 Å². The van der Waals surface area contributed by atoms with Crippen LogP contribution in [0.15, 0.2) is 46.7 Å². The first-order valence-electron chi connectivity index (χ1n) is 8.27. The van der Waals surface area contributed by atoms with Crippen molar-refractivity contribution in [3.8, 4) is 0 Å². The van der Waals surface area contributed by atoms with Gasteiger partial charge in [-0.05, 0) is 35.6 Å². The topological polar surface area (TPSA) is 63.7 Å². The van der Waals surface area contributed by atoms with Gasteiger partial charge in [-0.25, -0.2) is 8.42 Å². The quantitative estimate of drug-likeness (QED) is 0.724. The van der Waals surface area contributed by atoms with Gasteiger partial charge in [0.05, 0.1) is 29.0 Å². The lowest BCUT2D eigenvalue weighted by Gasteiger charge is -2.34. The Morgan fingerprint density at radius 3 is 2.68 bits per heavy atom. The fourth-order valence-electron chi connectivity index (χ4n) is 2.90. The number of ether oxygens (including phenoxy) is 1. The summed E-state index contributed by atoms with van der Waals surface area (Å²) in [5.41, 5.74) is 1.09. The van der Waals surface area contributed by atoms with Crippen molar-refractivity contribution in [2.24, 2.45) is 0 Å². The third-order valence-electron chi connectivity index (χ3n) is 4.33. The summed E-state index contributed by atoms with van der Waals surface area (Å²) < 4.78 is 32.9. The minimum Gasteiger partial charge on any atom is -0.378 e. The van der Waals surface area contributed by atoms with Crippen LogP contribution in [0.3, 0.4) is 0 Å². The Labute approximate surface area is 152 Å². The van der Waals surface area contributed by atoms with Crippen LogP contribution in [0.5, 0.6) is 0 Å². The third-order valence-corrected chi connectivity index (χ3v) is 7.21. The number of thiophene rings is 1. The van der Waals surface area contributed by atoms with E-state index in [0.29, 0.717) is 11.5 Å². The summed E-state index contributed by atoms with van der Waals surface area (Å²) in [6.45, 7) is 2.87. The molecule has 2 aromatic rings. The summed E-state index contributed by atoms with van der Waals surface area (Å²) in [4.78, 5) is 13.3. The fraction of sp³-hybridized carbons (Fsp3) is 0.389. The van der Waals surface area contributed by atoms with Crippen LogP contribution in [0.2, 0.25) is 0 Å². The summed E-state index contributed by atoms with van der Waals surface area (Å²) in [7, 11) is -3.65. The Kier molecular flexibility index (Phi) is 5.68. The lowest BCUT2D eigenvalue weighted by molar-refractivity contribution is 0.0294. The van der Waals surface area contributed by atoms with Gasteiger partial charge in [-0.3, -0.25) is 4.79 Å². The molecule has 134 valence electrons. The molecule has 1 atom stereocenters. The third kappa shape index (κ3) is 4.00. The second-order valence-electron chi connectivity index (χ2n) is 5.95. The smallest absolute Gasteiger partial charge is 0.243 e. The van der Waals surface area contributed by atoms with Crippen LogP contribution in [0.4, 0.5) is 0 Å². The zero-order valence-corrected chi connectivity index (χ0v) is 15.7. The lowest BCUT2D eigenvalue weighted by Crippen LogP contribution is -2.49. The molecule has 7 heteroatoms. The van der Waals surface area contributed by atoms with E-state index in [1.165, 1.54) is 15.6 Å². The van der Waals surface area contributed by atoms with Gasteiger partial charge < -0.3 is 4.74 Å². The summed E-state index contributed by atoms with van der Waals surface area (Å²) in [6.07, 6.45) is 0.989. The van der Waals surface area contributed by atoms with Crippen molar-refractivity contribution in [2.75, 3.05) is 19.8 Å². The minimum atomic E-state index is -3.65. The second-order valence-corrected chi connectivity index (χ2v) is 8.78. The fourth-order valence-corrected chi connectivity index (χ4v) is 5.17. The van der Waals surface area contributed by atoms with E-state index < -0.39 is 16.1 Å². The van der Waals surface area contributed by atoms with Gasteiger partial charge in [-0.2, -0.15) is 4.31 Å². The SMILES string of the molecule is CCc1ccc(S(=O)(=O)N2CCOCC2CC(=O)c2cccs2)cc1. The maximum atomic E-state index is 13.0. The molecule has 1 aromatic carbocycles. The average Bonchev–Trinajstić information content (AvgIpc) is 3.17. The minimum absolute atomic E-state index is 0.0490. The number of sulfonamides is 1. The molecule has 0 saturated carbocycles. The normalized spacial score (nSPS) is 19.0. The Balaban J connectivity index is 1.82. The molecule has 0 bridgehead atoms. The van der Waals surface area contributed by atoms with Gasteiger partial charge in [0.15, 0.2) is 5.78 Å². The molecule has 1 aliphatic rings. The molecule has 0 N–H and O–H groups in total. The van der Waals surface area contributed by atoms with Gasteiger partial charge in [0, 0.05) is 13.0 Å². The summed E-state index contributed by atoms with van der Waals surface area (Å²) in [6, 6.07) is 10.1. The Morgan fingerprint density at radius 1 is 1.28 bits per heavy atom. The summed E-state index contributed by atoms with van der Waals surface area (Å²) >= 11 is 1.37. The molecule has 1 unspecified atom stereocenters. The summed E-state index contributed by atoms with van der Waals surface area (Å²) in [5, 5.41) is 1.84. The molecule has 1 aliphatic heterocycles. The molecule has 3 rings (SSSR count). The van der Waals surface area contributed by atoms with E-state index in [0.717, 1.165) is 12.0 Å². The molecule has 1 saturated heterocycles. The van der Waals surface area contributed by atoms with E-state index >= 15 is 0 Å².